The zero-order chi connectivity index (χ0) is 34.8. The number of carboxylic acid groups (broad SMARTS) is 1. The third kappa shape index (κ3) is 6.17. The van der Waals surface area contributed by atoms with Crippen LogP contribution >= 0.6 is 22.7 Å². The predicted octanol–water partition coefficient (Wildman–Crippen LogP) is 10.1. The van der Waals surface area contributed by atoms with Gasteiger partial charge in [0.1, 0.15) is 11.6 Å². The lowest BCUT2D eigenvalue weighted by Crippen LogP contribution is -2.42. The minimum absolute atomic E-state index is 0.0197. The molecule has 0 radical (unpaired) electrons. The number of carbonyl (C=O) groups is 3. The summed E-state index contributed by atoms with van der Waals surface area (Å²) < 4.78 is 0. The van der Waals surface area contributed by atoms with E-state index in [0.717, 1.165) is 47.0 Å². The Morgan fingerprint density at radius 2 is 1.26 bits per heavy atom. The van der Waals surface area contributed by atoms with Gasteiger partial charge in [0.05, 0.1) is 11.3 Å². The number of nitriles is 1. The van der Waals surface area contributed by atoms with E-state index in [2.05, 4.69) is 65.6 Å². The normalized spacial score (nSPS) is 13.8. The molecule has 7 rings (SSSR count). The molecule has 1 aliphatic heterocycles. The van der Waals surface area contributed by atoms with Crippen LogP contribution in [-0.2, 0) is 9.59 Å². The van der Waals surface area contributed by atoms with E-state index in [1.807, 2.05) is 54.6 Å². The highest BCUT2D eigenvalue weighted by Gasteiger charge is 2.36. The van der Waals surface area contributed by atoms with Gasteiger partial charge in [-0.3, -0.25) is 9.59 Å². The standard InChI is InChI=1S/C41H27N3O4S2/c1-26-34(39(45)44(40(46)35(26)25-42)32-18-14-28(15-19-32)41(47)48)24-33-20-21-37(49-33)38-23-22-36(50-38)27-12-16-31(17-13-27)43(29-8-4-2-5-9-29)30-10-6-3-7-11-30/h2-24H,1H3,(H,47,48)/b34-24-. The van der Waals surface area contributed by atoms with Crippen LogP contribution in [0.4, 0.5) is 22.7 Å². The number of carbonyl (C=O) groups excluding carboxylic acids is 2. The number of imide groups is 1. The number of nitrogens with zero attached hydrogens (tertiary/aromatic N) is 3. The monoisotopic (exact) mass is 689 g/mol. The van der Waals surface area contributed by atoms with Gasteiger partial charge >= 0.3 is 5.97 Å². The fourth-order valence-corrected chi connectivity index (χ4v) is 7.83. The van der Waals surface area contributed by atoms with E-state index in [4.69, 9.17) is 0 Å². The Morgan fingerprint density at radius 3 is 1.86 bits per heavy atom. The van der Waals surface area contributed by atoms with Crippen molar-refractivity contribution in [2.24, 2.45) is 0 Å². The largest absolute Gasteiger partial charge is 0.478 e. The van der Waals surface area contributed by atoms with Gasteiger partial charge in [0, 0.05) is 42.1 Å². The van der Waals surface area contributed by atoms with Crippen LogP contribution in [0.3, 0.4) is 0 Å². The lowest BCUT2D eigenvalue weighted by Gasteiger charge is -2.27. The Kier molecular flexibility index (Phi) is 8.79. The molecule has 2 amide bonds. The first-order valence-electron chi connectivity index (χ1n) is 15.6. The first-order valence-corrected chi connectivity index (χ1v) is 17.2. The third-order valence-electron chi connectivity index (χ3n) is 8.31. The van der Waals surface area contributed by atoms with Crippen molar-refractivity contribution in [3.05, 3.63) is 161 Å². The summed E-state index contributed by atoms with van der Waals surface area (Å²) in [7, 11) is 0. The average Bonchev–Trinajstić information content (AvgIpc) is 3.83. The highest BCUT2D eigenvalue weighted by atomic mass is 32.1. The number of amides is 2. The summed E-state index contributed by atoms with van der Waals surface area (Å²) in [4.78, 5) is 45.3. The minimum Gasteiger partial charge on any atom is -0.478 e. The van der Waals surface area contributed by atoms with E-state index in [0.29, 0.717) is 5.57 Å². The highest BCUT2D eigenvalue weighted by Crippen LogP contribution is 2.41. The summed E-state index contributed by atoms with van der Waals surface area (Å²) in [5, 5.41) is 19.1. The molecular formula is C41H27N3O4S2. The molecule has 0 saturated heterocycles. The number of hydrogen-bond donors (Lipinski definition) is 1. The van der Waals surface area contributed by atoms with Gasteiger partial charge < -0.3 is 10.0 Å². The molecule has 9 heteroatoms. The molecule has 6 aromatic rings. The van der Waals surface area contributed by atoms with Crippen molar-refractivity contribution in [2.45, 2.75) is 6.92 Å². The van der Waals surface area contributed by atoms with Crippen LogP contribution < -0.4 is 9.80 Å². The number of benzene rings is 4. The number of carboxylic acids is 1. The van der Waals surface area contributed by atoms with Crippen molar-refractivity contribution < 1.29 is 19.5 Å². The molecule has 4 aromatic carbocycles. The summed E-state index contributed by atoms with van der Waals surface area (Å²) >= 11 is 3.18. The summed E-state index contributed by atoms with van der Waals surface area (Å²) in [6.07, 6.45) is 1.70. The van der Waals surface area contributed by atoms with E-state index in [1.165, 1.54) is 35.6 Å². The molecule has 0 bridgehead atoms. The van der Waals surface area contributed by atoms with Crippen LogP contribution in [-0.4, -0.2) is 22.9 Å². The van der Waals surface area contributed by atoms with Crippen molar-refractivity contribution in [1.29, 1.82) is 5.26 Å². The van der Waals surface area contributed by atoms with Gasteiger partial charge in [-0.2, -0.15) is 5.26 Å². The summed E-state index contributed by atoms with van der Waals surface area (Å²) in [6.45, 7) is 1.59. The van der Waals surface area contributed by atoms with Gasteiger partial charge in [0.2, 0.25) is 0 Å². The fraction of sp³-hybridized carbons (Fsp3) is 0.0244. The van der Waals surface area contributed by atoms with E-state index < -0.39 is 17.8 Å². The Morgan fingerprint density at radius 1 is 0.700 bits per heavy atom. The second-order valence-corrected chi connectivity index (χ2v) is 13.6. The second kappa shape index (κ2) is 13.6. The van der Waals surface area contributed by atoms with Crippen LogP contribution in [0.15, 0.2) is 150 Å². The number of rotatable bonds is 8. The van der Waals surface area contributed by atoms with Crippen LogP contribution in [0.2, 0.25) is 0 Å². The molecule has 1 N–H and O–H groups in total. The van der Waals surface area contributed by atoms with Gasteiger partial charge in [-0.1, -0.05) is 48.5 Å². The van der Waals surface area contributed by atoms with Crippen LogP contribution in [0.1, 0.15) is 22.2 Å². The molecule has 0 atom stereocenters. The Hall–Kier alpha value is -6.34. The fourth-order valence-electron chi connectivity index (χ4n) is 5.78. The molecule has 0 saturated carbocycles. The average molecular weight is 690 g/mol. The summed E-state index contributed by atoms with van der Waals surface area (Å²) in [5.41, 5.74) is 4.90. The molecule has 0 unspecified atom stereocenters. The zero-order valence-corrected chi connectivity index (χ0v) is 28.2. The summed E-state index contributed by atoms with van der Waals surface area (Å²) in [5.74, 6) is -2.45. The van der Waals surface area contributed by atoms with Crippen molar-refractivity contribution in [3.63, 3.8) is 0 Å². The van der Waals surface area contributed by atoms with Crippen molar-refractivity contribution >= 4 is 69.3 Å². The van der Waals surface area contributed by atoms with Gasteiger partial charge in [-0.15, -0.1) is 22.7 Å². The maximum atomic E-state index is 13.7. The van der Waals surface area contributed by atoms with Crippen molar-refractivity contribution in [2.75, 3.05) is 9.80 Å². The number of anilines is 4. The molecule has 1 aliphatic rings. The molecule has 2 aromatic heterocycles. The van der Waals surface area contributed by atoms with Gasteiger partial charge in [-0.25, -0.2) is 9.69 Å². The van der Waals surface area contributed by atoms with E-state index in [-0.39, 0.29) is 22.4 Å². The Labute approximate surface area is 296 Å². The molecule has 0 spiro atoms. The minimum atomic E-state index is -1.12. The lowest BCUT2D eigenvalue weighted by molar-refractivity contribution is -0.122. The molecule has 242 valence electrons. The zero-order valence-electron chi connectivity index (χ0n) is 26.6. The van der Waals surface area contributed by atoms with Crippen LogP contribution in [0.5, 0.6) is 0 Å². The van der Waals surface area contributed by atoms with Crippen LogP contribution in [0.25, 0.3) is 26.3 Å². The number of para-hydroxylation sites is 2. The predicted molar refractivity (Wildman–Crippen MR) is 200 cm³/mol. The van der Waals surface area contributed by atoms with Gasteiger partial charge in [-0.05, 0) is 109 Å². The van der Waals surface area contributed by atoms with Gasteiger partial charge in [0.25, 0.3) is 11.8 Å². The second-order valence-electron chi connectivity index (χ2n) is 11.4. The van der Waals surface area contributed by atoms with Crippen LogP contribution in [0, 0.1) is 11.3 Å². The number of aromatic carboxylic acids is 1. The molecule has 0 aliphatic carbocycles. The van der Waals surface area contributed by atoms with E-state index in [9.17, 15) is 24.8 Å². The summed E-state index contributed by atoms with van der Waals surface area (Å²) in [6, 6.07) is 44.5. The van der Waals surface area contributed by atoms with Crippen molar-refractivity contribution in [3.8, 4) is 26.3 Å². The van der Waals surface area contributed by atoms with E-state index in [1.54, 1.807) is 24.3 Å². The first-order chi connectivity index (χ1) is 24.3. The maximum absolute atomic E-state index is 13.7. The maximum Gasteiger partial charge on any atom is 0.335 e. The molecular weight excluding hydrogens is 663 g/mol. The number of thiophene rings is 2. The van der Waals surface area contributed by atoms with Crippen molar-refractivity contribution in [1.82, 2.24) is 0 Å². The quantitative estimate of drug-likeness (QED) is 0.126. The van der Waals surface area contributed by atoms with E-state index >= 15 is 0 Å². The Balaban J connectivity index is 1.14. The lowest BCUT2D eigenvalue weighted by atomic mass is 9.94. The topological polar surface area (TPSA) is 102 Å². The Bertz CT molecular complexity index is 2310. The molecule has 0 fully saturated rings. The van der Waals surface area contributed by atoms with Gasteiger partial charge in [0.15, 0.2) is 0 Å². The third-order valence-corrected chi connectivity index (χ3v) is 10.7. The SMILES string of the molecule is CC1=C(C#N)C(=O)N(c2ccc(C(=O)O)cc2)C(=O)/C1=C\c1ccc(-c2ccc(-c3ccc(N(c4ccccc4)c4ccccc4)cc3)s2)s1. The first kappa shape index (κ1) is 32.2. The molecule has 7 nitrogen and oxygen atoms in total. The number of hydrogen-bond acceptors (Lipinski definition) is 7. The molecule has 50 heavy (non-hydrogen) atoms. The smallest absolute Gasteiger partial charge is 0.335 e. The highest BCUT2D eigenvalue weighted by molar-refractivity contribution is 7.24. The molecule has 3 heterocycles.